The van der Waals surface area contributed by atoms with E-state index >= 15 is 0 Å². The summed E-state index contributed by atoms with van der Waals surface area (Å²) in [5, 5.41) is 14.0. The lowest BCUT2D eigenvalue weighted by Gasteiger charge is -2.24. The highest BCUT2D eigenvalue weighted by Crippen LogP contribution is 2.08. The second kappa shape index (κ2) is 5.95. The van der Waals surface area contributed by atoms with E-state index in [1.807, 2.05) is 0 Å². The number of nitrogens with zero attached hydrogens (tertiary/aromatic N) is 2. The Morgan fingerprint density at radius 3 is 2.72 bits per heavy atom. The number of carboxylic acid groups (broad SMARTS) is 1. The number of aromatic nitrogens is 2. The summed E-state index contributed by atoms with van der Waals surface area (Å²) >= 11 is 0. The summed E-state index contributed by atoms with van der Waals surface area (Å²) in [6, 6.07) is 1.12. The normalized spacial score (nSPS) is 13.4. The molecule has 1 unspecified atom stereocenters. The number of hydrogen-bond donors (Lipinski definition) is 3. The lowest BCUT2D eigenvalue weighted by atomic mass is 10.00. The van der Waals surface area contributed by atoms with E-state index in [-0.39, 0.29) is 6.54 Å². The van der Waals surface area contributed by atoms with Gasteiger partial charge in [-0.1, -0.05) is 6.92 Å². The molecular weight excluding hydrogens is 236 g/mol. The summed E-state index contributed by atoms with van der Waals surface area (Å²) in [5.74, 6) is -1.07. The molecule has 1 rings (SSSR count). The quantitative estimate of drug-likeness (QED) is 0.709. The van der Waals surface area contributed by atoms with Crippen LogP contribution in [-0.2, 0) is 11.3 Å². The van der Waals surface area contributed by atoms with Crippen LogP contribution in [0.25, 0.3) is 0 Å². The van der Waals surface area contributed by atoms with Gasteiger partial charge in [0.05, 0.1) is 12.2 Å². The molecule has 18 heavy (non-hydrogen) atoms. The maximum absolute atomic E-state index is 11.6. The summed E-state index contributed by atoms with van der Waals surface area (Å²) in [6.07, 6.45) is 3.24. The summed E-state index contributed by atoms with van der Waals surface area (Å²) < 4.78 is 0. The van der Waals surface area contributed by atoms with Crippen molar-refractivity contribution in [1.82, 2.24) is 20.6 Å². The minimum Gasteiger partial charge on any atom is -0.480 e. The Kier molecular flexibility index (Phi) is 4.59. The molecule has 2 amide bonds. The fraction of sp³-hybridized carbons (Fsp3) is 0.455. The molecule has 1 aromatic heterocycles. The Labute approximate surface area is 105 Å². The number of amides is 2. The number of carbonyl (C=O) groups excluding carboxylic acids is 1. The van der Waals surface area contributed by atoms with Crippen molar-refractivity contribution < 1.29 is 14.7 Å². The van der Waals surface area contributed by atoms with Crippen molar-refractivity contribution in [2.75, 3.05) is 0 Å². The van der Waals surface area contributed by atoms with Crippen LogP contribution in [-0.4, -0.2) is 32.6 Å². The summed E-state index contributed by atoms with van der Waals surface area (Å²) in [4.78, 5) is 30.2. The van der Waals surface area contributed by atoms with Gasteiger partial charge in [0.15, 0.2) is 0 Å². The first-order chi connectivity index (χ1) is 8.48. The zero-order valence-electron chi connectivity index (χ0n) is 10.3. The fourth-order valence-corrected chi connectivity index (χ4v) is 1.18. The predicted octanol–water partition coefficient (Wildman–Crippen LogP) is 0.529. The van der Waals surface area contributed by atoms with Gasteiger partial charge in [0, 0.05) is 6.20 Å². The van der Waals surface area contributed by atoms with E-state index in [9.17, 15) is 9.59 Å². The van der Waals surface area contributed by atoms with Gasteiger partial charge >= 0.3 is 12.0 Å². The van der Waals surface area contributed by atoms with E-state index in [0.29, 0.717) is 12.1 Å². The van der Waals surface area contributed by atoms with Crippen molar-refractivity contribution in [2.24, 2.45) is 0 Å². The summed E-state index contributed by atoms with van der Waals surface area (Å²) in [6.45, 7) is 3.37. The molecule has 0 saturated heterocycles. The third kappa shape index (κ3) is 3.69. The molecule has 1 aromatic rings. The standard InChI is InChI=1S/C11H16N4O3/c1-3-11(2,9(16)17)15-10(18)13-6-8-4-5-12-7-14-8/h4-5,7H,3,6H2,1-2H3,(H,16,17)(H2,13,15,18). The van der Waals surface area contributed by atoms with Crippen LogP contribution in [0.15, 0.2) is 18.6 Å². The molecular formula is C11H16N4O3. The van der Waals surface area contributed by atoms with Gasteiger partial charge in [-0.15, -0.1) is 0 Å². The van der Waals surface area contributed by atoms with E-state index in [0.717, 1.165) is 0 Å². The van der Waals surface area contributed by atoms with Crippen LogP contribution in [0.5, 0.6) is 0 Å². The van der Waals surface area contributed by atoms with Crippen LogP contribution in [0.4, 0.5) is 4.79 Å². The fourth-order valence-electron chi connectivity index (χ4n) is 1.18. The first-order valence-electron chi connectivity index (χ1n) is 5.52. The van der Waals surface area contributed by atoms with Crippen LogP contribution in [0.1, 0.15) is 26.0 Å². The average molecular weight is 252 g/mol. The lowest BCUT2D eigenvalue weighted by molar-refractivity contribution is -0.143. The molecule has 1 heterocycles. The van der Waals surface area contributed by atoms with Crippen molar-refractivity contribution in [3.05, 3.63) is 24.3 Å². The van der Waals surface area contributed by atoms with E-state index in [2.05, 4.69) is 20.6 Å². The second-order valence-electron chi connectivity index (χ2n) is 4.00. The minimum atomic E-state index is -1.27. The van der Waals surface area contributed by atoms with Gasteiger partial charge in [-0.25, -0.2) is 19.6 Å². The molecule has 0 aromatic carbocycles. The Morgan fingerprint density at radius 1 is 1.50 bits per heavy atom. The van der Waals surface area contributed by atoms with Crippen molar-refractivity contribution in [1.29, 1.82) is 0 Å². The zero-order chi connectivity index (χ0) is 13.6. The Balaban J connectivity index is 2.49. The molecule has 7 nitrogen and oxygen atoms in total. The Hall–Kier alpha value is -2.18. The van der Waals surface area contributed by atoms with Gasteiger partial charge in [-0.05, 0) is 19.4 Å². The summed E-state index contributed by atoms with van der Waals surface area (Å²) in [7, 11) is 0. The van der Waals surface area contributed by atoms with Gasteiger partial charge < -0.3 is 15.7 Å². The molecule has 0 aliphatic heterocycles. The zero-order valence-corrected chi connectivity index (χ0v) is 10.3. The second-order valence-corrected chi connectivity index (χ2v) is 4.00. The van der Waals surface area contributed by atoms with Gasteiger partial charge in [-0.2, -0.15) is 0 Å². The number of rotatable bonds is 5. The number of carboxylic acids is 1. The maximum Gasteiger partial charge on any atom is 0.329 e. The van der Waals surface area contributed by atoms with Crippen molar-refractivity contribution in [2.45, 2.75) is 32.4 Å². The van der Waals surface area contributed by atoms with Crippen LogP contribution < -0.4 is 10.6 Å². The van der Waals surface area contributed by atoms with Crippen LogP contribution >= 0.6 is 0 Å². The van der Waals surface area contributed by atoms with E-state index in [1.165, 1.54) is 13.3 Å². The van der Waals surface area contributed by atoms with Crippen LogP contribution in [0, 0.1) is 0 Å². The molecule has 0 radical (unpaired) electrons. The highest BCUT2D eigenvalue weighted by molar-refractivity contribution is 5.85. The summed E-state index contributed by atoms with van der Waals surface area (Å²) in [5.41, 5.74) is -0.621. The van der Waals surface area contributed by atoms with E-state index < -0.39 is 17.5 Å². The molecule has 0 fully saturated rings. The Bertz CT molecular complexity index is 424. The molecule has 0 saturated carbocycles. The first kappa shape index (κ1) is 13.9. The number of carbonyl (C=O) groups is 2. The predicted molar refractivity (Wildman–Crippen MR) is 63.7 cm³/mol. The number of aliphatic carboxylic acids is 1. The molecule has 3 N–H and O–H groups in total. The molecule has 0 aliphatic carbocycles. The van der Waals surface area contributed by atoms with Crippen LogP contribution in [0.2, 0.25) is 0 Å². The van der Waals surface area contributed by atoms with Gasteiger partial charge in [-0.3, -0.25) is 0 Å². The van der Waals surface area contributed by atoms with E-state index in [1.54, 1.807) is 19.2 Å². The number of urea groups is 1. The maximum atomic E-state index is 11.6. The van der Waals surface area contributed by atoms with Crippen LogP contribution in [0.3, 0.4) is 0 Å². The first-order valence-corrected chi connectivity index (χ1v) is 5.52. The van der Waals surface area contributed by atoms with Crippen molar-refractivity contribution in [3.8, 4) is 0 Å². The molecule has 0 spiro atoms. The molecule has 0 aliphatic rings. The SMILES string of the molecule is CCC(C)(NC(=O)NCc1ccncn1)C(=O)O. The van der Waals surface area contributed by atoms with Gasteiger partial charge in [0.2, 0.25) is 0 Å². The smallest absolute Gasteiger partial charge is 0.329 e. The highest BCUT2D eigenvalue weighted by atomic mass is 16.4. The molecule has 98 valence electrons. The molecule has 0 bridgehead atoms. The lowest BCUT2D eigenvalue weighted by Crippen LogP contribution is -2.54. The minimum absolute atomic E-state index is 0.216. The number of hydrogen-bond acceptors (Lipinski definition) is 4. The molecule has 1 atom stereocenters. The van der Waals surface area contributed by atoms with E-state index in [4.69, 9.17) is 5.11 Å². The third-order valence-electron chi connectivity index (χ3n) is 2.64. The topological polar surface area (TPSA) is 104 Å². The van der Waals surface area contributed by atoms with Crippen molar-refractivity contribution in [3.63, 3.8) is 0 Å². The monoisotopic (exact) mass is 252 g/mol. The highest BCUT2D eigenvalue weighted by Gasteiger charge is 2.32. The third-order valence-corrected chi connectivity index (χ3v) is 2.64. The van der Waals surface area contributed by atoms with Gasteiger partial charge in [0.1, 0.15) is 11.9 Å². The Morgan fingerprint density at radius 2 is 2.22 bits per heavy atom. The number of nitrogens with one attached hydrogen (secondary N) is 2. The largest absolute Gasteiger partial charge is 0.480 e. The average Bonchev–Trinajstić information content (AvgIpc) is 2.37. The van der Waals surface area contributed by atoms with Crippen molar-refractivity contribution >= 4 is 12.0 Å². The molecule has 7 heteroatoms. The van der Waals surface area contributed by atoms with Gasteiger partial charge in [0.25, 0.3) is 0 Å².